The van der Waals surface area contributed by atoms with E-state index in [9.17, 15) is 24.3 Å². The SMILES string of the molecule is CCC1(CCC(C)C)C(=O)NC(=O)N(C(=O)C(O)CO)C1=O. The van der Waals surface area contributed by atoms with E-state index >= 15 is 0 Å². The van der Waals surface area contributed by atoms with Gasteiger partial charge in [-0.2, -0.15) is 4.90 Å². The van der Waals surface area contributed by atoms with Gasteiger partial charge in [-0.25, -0.2) is 4.79 Å². The van der Waals surface area contributed by atoms with Gasteiger partial charge in [0.25, 0.3) is 11.8 Å². The second-order valence-electron chi connectivity index (χ2n) is 5.80. The summed E-state index contributed by atoms with van der Waals surface area (Å²) in [5.74, 6) is -2.68. The molecule has 1 aliphatic heterocycles. The summed E-state index contributed by atoms with van der Waals surface area (Å²) in [5.41, 5.74) is -1.51. The zero-order valence-corrected chi connectivity index (χ0v) is 13.0. The number of imide groups is 4. The fourth-order valence-corrected chi connectivity index (χ4v) is 2.35. The first kappa shape index (κ1) is 18.2. The van der Waals surface area contributed by atoms with Crippen LogP contribution in [0.2, 0.25) is 0 Å². The summed E-state index contributed by atoms with van der Waals surface area (Å²) < 4.78 is 0. The molecule has 2 unspecified atom stereocenters. The Hall–Kier alpha value is -1.80. The first-order chi connectivity index (χ1) is 10.2. The molecule has 8 heteroatoms. The first-order valence-corrected chi connectivity index (χ1v) is 7.24. The maximum atomic E-state index is 12.6. The van der Waals surface area contributed by atoms with Crippen LogP contribution in [-0.2, 0) is 14.4 Å². The lowest BCUT2D eigenvalue weighted by Gasteiger charge is -2.38. The van der Waals surface area contributed by atoms with Crippen molar-refractivity contribution in [3.8, 4) is 0 Å². The molecule has 0 aromatic rings. The van der Waals surface area contributed by atoms with Crippen LogP contribution in [0.25, 0.3) is 0 Å². The van der Waals surface area contributed by atoms with Crippen LogP contribution >= 0.6 is 0 Å². The number of carbonyl (C=O) groups excluding carboxylic acids is 4. The lowest BCUT2D eigenvalue weighted by atomic mass is 9.75. The van der Waals surface area contributed by atoms with Gasteiger partial charge in [0.1, 0.15) is 5.41 Å². The lowest BCUT2D eigenvalue weighted by Crippen LogP contribution is -2.66. The van der Waals surface area contributed by atoms with Gasteiger partial charge in [0.2, 0.25) is 5.91 Å². The Labute approximate surface area is 128 Å². The Morgan fingerprint density at radius 2 is 1.91 bits per heavy atom. The van der Waals surface area contributed by atoms with E-state index in [1.54, 1.807) is 6.92 Å². The van der Waals surface area contributed by atoms with E-state index < -0.39 is 41.9 Å². The number of carbonyl (C=O) groups is 4. The van der Waals surface area contributed by atoms with Gasteiger partial charge in [-0.3, -0.25) is 19.7 Å². The second kappa shape index (κ2) is 6.97. The van der Waals surface area contributed by atoms with E-state index in [0.717, 1.165) is 0 Å². The summed E-state index contributed by atoms with van der Waals surface area (Å²) >= 11 is 0. The van der Waals surface area contributed by atoms with Gasteiger partial charge in [-0.1, -0.05) is 20.8 Å². The van der Waals surface area contributed by atoms with Gasteiger partial charge in [0, 0.05) is 0 Å². The van der Waals surface area contributed by atoms with E-state index in [-0.39, 0.29) is 23.7 Å². The molecule has 1 aliphatic rings. The molecule has 124 valence electrons. The molecule has 1 fully saturated rings. The summed E-state index contributed by atoms with van der Waals surface area (Å²) in [5, 5.41) is 20.2. The predicted octanol–water partition coefficient (Wildman–Crippen LogP) is -0.223. The highest BCUT2D eigenvalue weighted by Crippen LogP contribution is 2.35. The number of aliphatic hydroxyl groups excluding tert-OH is 2. The highest BCUT2D eigenvalue weighted by molar-refractivity contribution is 6.25. The fourth-order valence-electron chi connectivity index (χ4n) is 2.35. The number of barbiturate groups is 1. The normalized spacial score (nSPS) is 23.7. The third-order valence-electron chi connectivity index (χ3n) is 3.90. The Morgan fingerprint density at radius 3 is 2.36 bits per heavy atom. The van der Waals surface area contributed by atoms with Crippen molar-refractivity contribution >= 4 is 23.8 Å². The minimum Gasteiger partial charge on any atom is -0.393 e. The average Bonchev–Trinajstić information content (AvgIpc) is 2.46. The van der Waals surface area contributed by atoms with Gasteiger partial charge in [-0.05, 0) is 25.2 Å². The van der Waals surface area contributed by atoms with Gasteiger partial charge in [0.15, 0.2) is 6.10 Å². The molecule has 0 bridgehead atoms. The molecule has 1 heterocycles. The molecule has 2 atom stereocenters. The number of hydrogen-bond acceptors (Lipinski definition) is 6. The highest BCUT2D eigenvalue weighted by atomic mass is 16.3. The number of rotatable bonds is 6. The van der Waals surface area contributed by atoms with E-state index in [0.29, 0.717) is 6.42 Å². The van der Waals surface area contributed by atoms with E-state index in [2.05, 4.69) is 0 Å². The molecule has 0 aromatic heterocycles. The fraction of sp³-hybridized carbons (Fsp3) is 0.714. The van der Waals surface area contributed by atoms with Gasteiger partial charge in [0.05, 0.1) is 6.61 Å². The third kappa shape index (κ3) is 3.17. The number of nitrogens with zero attached hydrogens (tertiary/aromatic N) is 1. The van der Waals surface area contributed by atoms with Crippen molar-refractivity contribution in [2.75, 3.05) is 6.61 Å². The molecule has 8 nitrogen and oxygen atoms in total. The summed E-state index contributed by atoms with van der Waals surface area (Å²) in [7, 11) is 0. The number of amides is 5. The number of nitrogens with one attached hydrogen (secondary N) is 1. The van der Waals surface area contributed by atoms with Crippen molar-refractivity contribution in [1.29, 1.82) is 0 Å². The lowest BCUT2D eigenvalue weighted by molar-refractivity contribution is -0.160. The summed E-state index contributed by atoms with van der Waals surface area (Å²) in [6.45, 7) is 4.56. The molecule has 0 aliphatic carbocycles. The van der Waals surface area contributed by atoms with Crippen molar-refractivity contribution < 1.29 is 29.4 Å². The topological polar surface area (TPSA) is 124 Å². The summed E-state index contributed by atoms with van der Waals surface area (Å²) in [4.78, 5) is 48.7. The Kier molecular flexibility index (Phi) is 5.78. The predicted molar refractivity (Wildman–Crippen MR) is 75.3 cm³/mol. The third-order valence-corrected chi connectivity index (χ3v) is 3.90. The molecular weight excluding hydrogens is 292 g/mol. The minimum absolute atomic E-state index is 0.122. The summed E-state index contributed by atoms with van der Waals surface area (Å²) in [6, 6.07) is -1.19. The maximum Gasteiger partial charge on any atom is 0.337 e. The number of hydrogen-bond donors (Lipinski definition) is 3. The maximum absolute atomic E-state index is 12.6. The Balaban J connectivity index is 3.17. The van der Waals surface area contributed by atoms with Crippen molar-refractivity contribution in [2.45, 2.75) is 46.1 Å². The van der Waals surface area contributed by atoms with Crippen molar-refractivity contribution in [1.82, 2.24) is 10.2 Å². The average molecular weight is 314 g/mol. The van der Waals surface area contributed by atoms with Crippen molar-refractivity contribution in [3.05, 3.63) is 0 Å². The Morgan fingerprint density at radius 1 is 1.32 bits per heavy atom. The zero-order chi connectivity index (χ0) is 17.1. The van der Waals surface area contributed by atoms with Crippen LogP contribution in [0.5, 0.6) is 0 Å². The first-order valence-electron chi connectivity index (χ1n) is 7.24. The molecule has 5 amide bonds. The molecule has 1 saturated heterocycles. The Bertz CT molecular complexity index is 490. The van der Waals surface area contributed by atoms with E-state index in [4.69, 9.17) is 5.11 Å². The van der Waals surface area contributed by atoms with Gasteiger partial charge < -0.3 is 10.2 Å². The largest absolute Gasteiger partial charge is 0.393 e. The van der Waals surface area contributed by atoms with E-state index in [1.165, 1.54) is 0 Å². The molecule has 0 aromatic carbocycles. The van der Waals surface area contributed by atoms with Gasteiger partial charge >= 0.3 is 6.03 Å². The van der Waals surface area contributed by atoms with Crippen molar-refractivity contribution in [2.24, 2.45) is 11.3 Å². The monoisotopic (exact) mass is 314 g/mol. The smallest absolute Gasteiger partial charge is 0.337 e. The molecule has 0 spiro atoms. The molecule has 0 radical (unpaired) electrons. The number of urea groups is 1. The van der Waals surface area contributed by atoms with Crippen LogP contribution in [0.15, 0.2) is 0 Å². The summed E-state index contributed by atoms with van der Waals surface area (Å²) in [6.07, 6.45) is -1.01. The van der Waals surface area contributed by atoms with Crippen LogP contribution in [0.1, 0.15) is 40.0 Å². The highest BCUT2D eigenvalue weighted by Gasteiger charge is 2.54. The molecule has 1 rings (SSSR count). The van der Waals surface area contributed by atoms with Crippen LogP contribution in [0.3, 0.4) is 0 Å². The number of aliphatic hydroxyl groups is 2. The van der Waals surface area contributed by atoms with Crippen LogP contribution < -0.4 is 5.32 Å². The zero-order valence-electron chi connectivity index (χ0n) is 13.0. The van der Waals surface area contributed by atoms with Crippen LogP contribution in [0, 0.1) is 11.3 Å². The molecule has 0 saturated carbocycles. The molecule has 3 N–H and O–H groups in total. The standard InChI is InChI=1S/C14H22N2O6/c1-4-14(6-5-8(2)3)11(20)15-13(22)16(12(14)21)10(19)9(18)7-17/h8-9,17-18H,4-7H2,1-3H3,(H,15,20,22). The van der Waals surface area contributed by atoms with Crippen LogP contribution in [0.4, 0.5) is 4.79 Å². The molecular formula is C14H22N2O6. The van der Waals surface area contributed by atoms with E-state index in [1.807, 2.05) is 19.2 Å². The quantitative estimate of drug-likeness (QED) is 0.582. The minimum atomic E-state index is -1.89. The molecule has 22 heavy (non-hydrogen) atoms. The second-order valence-corrected chi connectivity index (χ2v) is 5.80. The van der Waals surface area contributed by atoms with Crippen molar-refractivity contribution in [3.63, 3.8) is 0 Å². The van der Waals surface area contributed by atoms with Gasteiger partial charge in [-0.15, -0.1) is 0 Å². The van der Waals surface area contributed by atoms with Crippen LogP contribution in [-0.4, -0.2) is 51.6 Å².